The molecular weight excluding hydrogens is 364 g/mol. The number of hydrogen-bond donors (Lipinski definition) is 0. The number of imide groups is 1. The maximum Gasteiger partial charge on any atom is 0.257 e. The van der Waals surface area contributed by atoms with Crippen LogP contribution in [0, 0.1) is 5.41 Å². The second-order valence-electron chi connectivity index (χ2n) is 8.68. The fourth-order valence-corrected chi connectivity index (χ4v) is 3.61. The molecule has 0 spiro atoms. The minimum absolute atomic E-state index is 0.0262. The Labute approximate surface area is 172 Å². The zero-order valence-electron chi connectivity index (χ0n) is 17.3. The Balaban J connectivity index is 1.83. The van der Waals surface area contributed by atoms with Crippen LogP contribution in [0.4, 0.5) is 5.69 Å². The quantitative estimate of drug-likeness (QED) is 0.702. The molecule has 0 aliphatic carbocycles. The Kier molecular flexibility index (Phi) is 6.16. The summed E-state index contributed by atoms with van der Waals surface area (Å²) >= 11 is 0. The van der Waals surface area contributed by atoms with E-state index in [9.17, 15) is 14.4 Å². The second-order valence-corrected chi connectivity index (χ2v) is 8.68. The fourth-order valence-electron chi connectivity index (χ4n) is 3.61. The molecule has 1 aliphatic heterocycles. The largest absolute Gasteiger partial charge is 0.330 e. The van der Waals surface area contributed by atoms with Crippen LogP contribution in [0.25, 0.3) is 0 Å². The zero-order valence-corrected chi connectivity index (χ0v) is 17.3. The van der Waals surface area contributed by atoms with Gasteiger partial charge in [-0.2, -0.15) is 0 Å². The van der Waals surface area contributed by atoms with Gasteiger partial charge < -0.3 is 4.90 Å². The summed E-state index contributed by atoms with van der Waals surface area (Å²) in [5, 5.41) is 0. The van der Waals surface area contributed by atoms with Crippen molar-refractivity contribution in [3.63, 3.8) is 0 Å². The maximum atomic E-state index is 13.2. The molecule has 5 heteroatoms. The Bertz CT molecular complexity index is 872. The van der Waals surface area contributed by atoms with E-state index in [1.165, 1.54) is 4.90 Å². The Morgan fingerprint density at radius 1 is 1.00 bits per heavy atom. The van der Waals surface area contributed by atoms with E-state index in [0.717, 1.165) is 5.56 Å². The van der Waals surface area contributed by atoms with Crippen LogP contribution in [0.5, 0.6) is 0 Å². The van der Waals surface area contributed by atoms with E-state index in [1.54, 1.807) is 29.2 Å². The smallest absolute Gasteiger partial charge is 0.257 e. The second kappa shape index (κ2) is 8.60. The van der Waals surface area contributed by atoms with Crippen LogP contribution >= 0.6 is 0 Å². The first-order valence-corrected chi connectivity index (χ1v) is 10.0. The molecule has 1 heterocycles. The Morgan fingerprint density at radius 2 is 1.59 bits per heavy atom. The SMILES string of the molecule is CC(C)(C)CC(=O)N(CCc1ccccc1)C1CC(=O)N(c2ccccc2)C1=O. The van der Waals surface area contributed by atoms with Gasteiger partial charge in [-0.15, -0.1) is 0 Å². The zero-order chi connectivity index (χ0) is 21.0. The van der Waals surface area contributed by atoms with Crippen molar-refractivity contribution in [1.82, 2.24) is 4.90 Å². The minimum Gasteiger partial charge on any atom is -0.330 e. The van der Waals surface area contributed by atoms with Crippen molar-refractivity contribution in [2.45, 2.75) is 46.1 Å². The van der Waals surface area contributed by atoms with E-state index in [-0.39, 0.29) is 29.6 Å². The first-order valence-electron chi connectivity index (χ1n) is 10.0. The first-order chi connectivity index (χ1) is 13.8. The van der Waals surface area contributed by atoms with Crippen molar-refractivity contribution in [3.05, 3.63) is 66.2 Å². The molecule has 1 saturated heterocycles. The van der Waals surface area contributed by atoms with Crippen LogP contribution in [0.2, 0.25) is 0 Å². The van der Waals surface area contributed by atoms with Crippen molar-refractivity contribution in [1.29, 1.82) is 0 Å². The summed E-state index contributed by atoms with van der Waals surface area (Å²) < 4.78 is 0. The van der Waals surface area contributed by atoms with E-state index in [4.69, 9.17) is 0 Å². The minimum atomic E-state index is -0.749. The number of benzene rings is 2. The molecular formula is C24H28N2O3. The Hall–Kier alpha value is -2.95. The lowest BCUT2D eigenvalue weighted by molar-refractivity contribution is -0.139. The number of carbonyl (C=O) groups is 3. The summed E-state index contributed by atoms with van der Waals surface area (Å²) in [7, 11) is 0. The van der Waals surface area contributed by atoms with Gasteiger partial charge in [0.15, 0.2) is 0 Å². The molecule has 0 bridgehead atoms. The van der Waals surface area contributed by atoms with Gasteiger partial charge in [-0.1, -0.05) is 69.3 Å². The predicted octanol–water partition coefficient (Wildman–Crippen LogP) is 3.83. The Morgan fingerprint density at radius 3 is 2.17 bits per heavy atom. The molecule has 29 heavy (non-hydrogen) atoms. The lowest BCUT2D eigenvalue weighted by atomic mass is 9.91. The standard InChI is InChI=1S/C24H28N2O3/c1-24(2,3)17-22(28)25(15-14-18-10-6-4-7-11-18)20-16-21(27)26(23(20)29)19-12-8-5-9-13-19/h4-13,20H,14-17H2,1-3H3. The molecule has 1 fully saturated rings. The van der Waals surface area contributed by atoms with Crippen molar-refractivity contribution >= 4 is 23.4 Å². The number of amides is 3. The normalized spacial score (nSPS) is 16.9. The molecule has 1 unspecified atom stereocenters. The van der Waals surface area contributed by atoms with Gasteiger partial charge in [-0.3, -0.25) is 14.4 Å². The van der Waals surface area contributed by atoms with Crippen LogP contribution in [0.1, 0.15) is 39.2 Å². The number of rotatable bonds is 6. The third-order valence-corrected chi connectivity index (χ3v) is 5.00. The number of nitrogens with zero attached hydrogens (tertiary/aromatic N) is 2. The molecule has 2 aromatic carbocycles. The van der Waals surface area contributed by atoms with Gasteiger partial charge in [-0.05, 0) is 29.5 Å². The molecule has 0 aromatic heterocycles. The van der Waals surface area contributed by atoms with Crippen LogP contribution in [-0.2, 0) is 20.8 Å². The van der Waals surface area contributed by atoms with E-state index in [1.807, 2.05) is 57.2 Å². The van der Waals surface area contributed by atoms with Crippen LogP contribution < -0.4 is 4.90 Å². The van der Waals surface area contributed by atoms with Crippen molar-refractivity contribution in [3.8, 4) is 0 Å². The van der Waals surface area contributed by atoms with Crippen LogP contribution in [0.15, 0.2) is 60.7 Å². The summed E-state index contributed by atoms with van der Waals surface area (Å²) in [5.41, 5.74) is 1.45. The summed E-state index contributed by atoms with van der Waals surface area (Å²) in [6, 6.07) is 18.0. The monoisotopic (exact) mass is 392 g/mol. The van der Waals surface area contributed by atoms with Gasteiger partial charge in [0, 0.05) is 13.0 Å². The highest BCUT2D eigenvalue weighted by atomic mass is 16.2. The van der Waals surface area contributed by atoms with Gasteiger partial charge in [-0.25, -0.2) is 4.90 Å². The first kappa shape index (κ1) is 20.8. The number of para-hydroxylation sites is 1. The van der Waals surface area contributed by atoms with Gasteiger partial charge in [0.2, 0.25) is 11.8 Å². The molecule has 1 aliphatic rings. The molecule has 152 valence electrons. The molecule has 5 nitrogen and oxygen atoms in total. The van der Waals surface area contributed by atoms with Gasteiger partial charge in [0.25, 0.3) is 5.91 Å². The highest BCUT2D eigenvalue weighted by Crippen LogP contribution is 2.28. The number of carbonyl (C=O) groups excluding carboxylic acids is 3. The molecule has 3 amide bonds. The predicted molar refractivity (Wildman–Crippen MR) is 113 cm³/mol. The van der Waals surface area contributed by atoms with Gasteiger partial charge in [0.05, 0.1) is 12.1 Å². The third kappa shape index (κ3) is 5.11. The van der Waals surface area contributed by atoms with E-state index in [2.05, 4.69) is 0 Å². The van der Waals surface area contributed by atoms with E-state index in [0.29, 0.717) is 25.1 Å². The highest BCUT2D eigenvalue weighted by Gasteiger charge is 2.44. The maximum absolute atomic E-state index is 13.2. The molecule has 3 rings (SSSR count). The van der Waals surface area contributed by atoms with Crippen LogP contribution in [-0.4, -0.2) is 35.2 Å². The fraction of sp³-hybridized carbons (Fsp3) is 0.375. The van der Waals surface area contributed by atoms with Crippen LogP contribution in [0.3, 0.4) is 0 Å². The lowest BCUT2D eigenvalue weighted by Crippen LogP contribution is -2.47. The molecule has 0 radical (unpaired) electrons. The third-order valence-electron chi connectivity index (χ3n) is 5.00. The average Bonchev–Trinajstić information content (AvgIpc) is 2.96. The van der Waals surface area contributed by atoms with E-state index >= 15 is 0 Å². The summed E-state index contributed by atoms with van der Waals surface area (Å²) in [5.74, 6) is -0.675. The average molecular weight is 392 g/mol. The lowest BCUT2D eigenvalue weighted by Gasteiger charge is -2.30. The van der Waals surface area contributed by atoms with Crippen molar-refractivity contribution < 1.29 is 14.4 Å². The topological polar surface area (TPSA) is 57.7 Å². The van der Waals surface area contributed by atoms with Gasteiger partial charge in [0.1, 0.15) is 6.04 Å². The van der Waals surface area contributed by atoms with Crippen molar-refractivity contribution in [2.24, 2.45) is 5.41 Å². The summed E-state index contributed by atoms with van der Waals surface area (Å²) in [6.45, 7) is 6.40. The van der Waals surface area contributed by atoms with E-state index < -0.39 is 6.04 Å². The summed E-state index contributed by atoms with van der Waals surface area (Å²) in [6.07, 6.45) is 0.990. The number of anilines is 1. The molecule has 2 aromatic rings. The number of hydrogen-bond acceptors (Lipinski definition) is 3. The molecule has 1 atom stereocenters. The van der Waals surface area contributed by atoms with Gasteiger partial charge >= 0.3 is 0 Å². The molecule has 0 saturated carbocycles. The van der Waals surface area contributed by atoms with Crippen molar-refractivity contribution in [2.75, 3.05) is 11.4 Å². The summed E-state index contributed by atoms with van der Waals surface area (Å²) in [4.78, 5) is 41.7. The highest BCUT2D eigenvalue weighted by molar-refractivity contribution is 6.23. The molecule has 0 N–H and O–H groups in total.